The maximum atomic E-state index is 13.2. The van der Waals surface area contributed by atoms with Crippen molar-refractivity contribution in [3.05, 3.63) is 94.8 Å². The molecule has 3 aromatic rings. The van der Waals surface area contributed by atoms with E-state index in [9.17, 15) is 4.39 Å². The lowest BCUT2D eigenvalue weighted by molar-refractivity contribution is 0.628. The number of rotatable bonds is 5. The zero-order valence-corrected chi connectivity index (χ0v) is 18.4. The first kappa shape index (κ1) is 21.3. The Balaban J connectivity index is 0.00000112. The zero-order chi connectivity index (χ0) is 22.0. The normalized spacial score (nSPS) is 23.4. The fourth-order valence-electron chi connectivity index (χ4n) is 5.29. The van der Waals surface area contributed by atoms with E-state index in [0.717, 1.165) is 30.0 Å². The van der Waals surface area contributed by atoms with E-state index in [1.165, 1.54) is 35.0 Å². The van der Waals surface area contributed by atoms with Crippen molar-refractivity contribution in [3.8, 4) is 0 Å². The van der Waals surface area contributed by atoms with Crippen molar-refractivity contribution in [1.82, 2.24) is 5.32 Å². The standard InChI is InChI=1S/C25H24FN3.C2H6/c1-16-11-23(29-20-9-7-19(26)8-10-20)18(13-27)12-21(16)25-15-28-14-22(25)24(25)17-5-3-2-4-6-17;1-2/h2-13,22,24,27-29H,14-15H2,1H3;1-2H3. The van der Waals surface area contributed by atoms with E-state index in [1.807, 2.05) is 13.8 Å². The van der Waals surface area contributed by atoms with E-state index in [2.05, 4.69) is 60.0 Å². The zero-order valence-electron chi connectivity index (χ0n) is 18.4. The van der Waals surface area contributed by atoms with Crippen molar-refractivity contribution < 1.29 is 4.39 Å². The molecule has 5 rings (SSSR count). The number of halogens is 1. The molecule has 0 spiro atoms. The van der Waals surface area contributed by atoms with Crippen LogP contribution in [0.5, 0.6) is 0 Å². The summed E-state index contributed by atoms with van der Waals surface area (Å²) in [4.78, 5) is 0. The van der Waals surface area contributed by atoms with Gasteiger partial charge >= 0.3 is 0 Å². The molecule has 2 fully saturated rings. The van der Waals surface area contributed by atoms with Crippen LogP contribution in [0.2, 0.25) is 0 Å². The molecular formula is C27H30FN3. The summed E-state index contributed by atoms with van der Waals surface area (Å²) in [5.41, 5.74) is 6.63. The number of piperidine rings is 1. The third kappa shape index (κ3) is 3.66. The molecule has 0 radical (unpaired) electrons. The highest BCUT2D eigenvalue weighted by Crippen LogP contribution is 2.68. The first-order chi connectivity index (χ1) is 15.1. The summed E-state index contributed by atoms with van der Waals surface area (Å²) in [6.07, 6.45) is 1.41. The van der Waals surface area contributed by atoms with Crippen molar-refractivity contribution in [2.75, 3.05) is 18.4 Å². The Kier molecular flexibility index (Phi) is 5.92. The summed E-state index contributed by atoms with van der Waals surface area (Å²) < 4.78 is 13.2. The van der Waals surface area contributed by atoms with Gasteiger partial charge in [-0.05, 0) is 72.5 Å². The molecule has 3 unspecified atom stereocenters. The van der Waals surface area contributed by atoms with Gasteiger partial charge in [-0.1, -0.05) is 44.2 Å². The third-order valence-electron chi connectivity index (χ3n) is 6.63. The second kappa shape index (κ2) is 8.64. The minimum absolute atomic E-state index is 0.109. The largest absolute Gasteiger partial charge is 0.355 e. The Labute approximate surface area is 184 Å². The van der Waals surface area contributed by atoms with Crippen LogP contribution in [0.4, 0.5) is 15.8 Å². The number of nitrogens with one attached hydrogen (secondary N) is 3. The van der Waals surface area contributed by atoms with E-state index in [-0.39, 0.29) is 11.2 Å². The predicted octanol–water partition coefficient (Wildman–Crippen LogP) is 6.16. The van der Waals surface area contributed by atoms with Crippen molar-refractivity contribution in [2.24, 2.45) is 5.92 Å². The molecule has 1 heterocycles. The van der Waals surface area contributed by atoms with Gasteiger partial charge in [0.05, 0.1) is 0 Å². The van der Waals surface area contributed by atoms with Gasteiger partial charge < -0.3 is 16.0 Å². The molecule has 0 amide bonds. The fraction of sp³-hybridized carbons (Fsp3) is 0.296. The predicted molar refractivity (Wildman–Crippen MR) is 127 cm³/mol. The molecule has 2 aliphatic rings. The monoisotopic (exact) mass is 415 g/mol. The van der Waals surface area contributed by atoms with Crippen LogP contribution in [-0.2, 0) is 5.41 Å². The van der Waals surface area contributed by atoms with Gasteiger partial charge in [0, 0.05) is 41.0 Å². The molecule has 3 atom stereocenters. The van der Waals surface area contributed by atoms with Crippen LogP contribution in [0, 0.1) is 24.1 Å². The van der Waals surface area contributed by atoms with Gasteiger partial charge in [-0.15, -0.1) is 0 Å². The second-order valence-electron chi connectivity index (χ2n) is 8.20. The van der Waals surface area contributed by atoms with Crippen LogP contribution >= 0.6 is 0 Å². The minimum Gasteiger partial charge on any atom is -0.355 e. The molecule has 160 valence electrons. The molecule has 3 aromatic carbocycles. The van der Waals surface area contributed by atoms with Crippen LogP contribution < -0.4 is 10.6 Å². The summed E-state index contributed by atoms with van der Waals surface area (Å²) in [6, 6.07) is 21.4. The molecule has 1 saturated heterocycles. The van der Waals surface area contributed by atoms with Crippen LogP contribution in [0.3, 0.4) is 0 Å². The highest BCUT2D eigenvalue weighted by atomic mass is 19.1. The molecule has 1 saturated carbocycles. The van der Waals surface area contributed by atoms with Gasteiger partial charge in [-0.2, -0.15) is 0 Å². The average molecular weight is 416 g/mol. The second-order valence-corrected chi connectivity index (χ2v) is 8.20. The molecule has 1 aliphatic heterocycles. The van der Waals surface area contributed by atoms with Gasteiger partial charge in [-0.25, -0.2) is 4.39 Å². The maximum absolute atomic E-state index is 13.2. The SMILES string of the molecule is CC.Cc1cc(Nc2ccc(F)cc2)c(C=N)cc1C12CNCC1C2c1ccccc1. The molecule has 1 aliphatic carbocycles. The summed E-state index contributed by atoms with van der Waals surface area (Å²) >= 11 is 0. The minimum atomic E-state index is -0.256. The maximum Gasteiger partial charge on any atom is 0.123 e. The Morgan fingerprint density at radius 1 is 1.06 bits per heavy atom. The average Bonchev–Trinajstić information content (AvgIpc) is 3.24. The summed E-state index contributed by atoms with van der Waals surface area (Å²) in [7, 11) is 0. The smallest absolute Gasteiger partial charge is 0.123 e. The lowest BCUT2D eigenvalue weighted by Crippen LogP contribution is -2.24. The van der Waals surface area contributed by atoms with Gasteiger partial charge in [-0.3, -0.25) is 0 Å². The van der Waals surface area contributed by atoms with E-state index in [1.54, 1.807) is 12.1 Å². The number of anilines is 2. The van der Waals surface area contributed by atoms with Crippen LogP contribution in [0.25, 0.3) is 0 Å². The molecule has 0 bridgehead atoms. The number of aryl methyl sites for hydroxylation is 1. The first-order valence-electron chi connectivity index (χ1n) is 11.1. The summed E-state index contributed by atoms with van der Waals surface area (Å²) in [5.74, 6) is 0.866. The first-order valence-corrected chi connectivity index (χ1v) is 11.1. The quantitative estimate of drug-likeness (QED) is 0.437. The molecular weight excluding hydrogens is 385 g/mol. The Morgan fingerprint density at radius 3 is 2.45 bits per heavy atom. The van der Waals surface area contributed by atoms with Crippen molar-refractivity contribution in [3.63, 3.8) is 0 Å². The summed E-state index contributed by atoms with van der Waals surface area (Å²) in [5, 5.41) is 14.9. The highest BCUT2D eigenvalue weighted by molar-refractivity contribution is 5.88. The number of benzene rings is 3. The molecule has 31 heavy (non-hydrogen) atoms. The summed E-state index contributed by atoms with van der Waals surface area (Å²) in [6.45, 7) is 8.16. The van der Waals surface area contributed by atoms with Crippen molar-refractivity contribution in [2.45, 2.75) is 32.1 Å². The number of hydrogen-bond donors (Lipinski definition) is 3. The number of fused-ring (bicyclic) bond motifs is 1. The fourth-order valence-corrected chi connectivity index (χ4v) is 5.29. The Bertz CT molecular complexity index is 1060. The van der Waals surface area contributed by atoms with E-state index in [0.29, 0.717) is 11.8 Å². The van der Waals surface area contributed by atoms with Gasteiger partial charge in [0.2, 0.25) is 0 Å². The highest BCUT2D eigenvalue weighted by Gasteiger charge is 2.68. The molecule has 0 aromatic heterocycles. The van der Waals surface area contributed by atoms with Gasteiger partial charge in [0.25, 0.3) is 0 Å². The van der Waals surface area contributed by atoms with Crippen molar-refractivity contribution in [1.29, 1.82) is 5.41 Å². The third-order valence-corrected chi connectivity index (χ3v) is 6.63. The number of hydrogen-bond acceptors (Lipinski definition) is 3. The van der Waals surface area contributed by atoms with Crippen LogP contribution in [-0.4, -0.2) is 19.3 Å². The van der Waals surface area contributed by atoms with E-state index >= 15 is 0 Å². The molecule has 3 N–H and O–H groups in total. The molecule has 4 heteroatoms. The van der Waals surface area contributed by atoms with Crippen LogP contribution in [0.1, 0.15) is 42.0 Å². The van der Waals surface area contributed by atoms with E-state index in [4.69, 9.17) is 5.41 Å². The topological polar surface area (TPSA) is 47.9 Å². The van der Waals surface area contributed by atoms with Crippen LogP contribution in [0.15, 0.2) is 66.7 Å². The Morgan fingerprint density at radius 2 is 1.77 bits per heavy atom. The molecule has 3 nitrogen and oxygen atoms in total. The van der Waals surface area contributed by atoms with Crippen molar-refractivity contribution >= 4 is 17.6 Å². The van der Waals surface area contributed by atoms with Gasteiger partial charge in [0.15, 0.2) is 0 Å². The van der Waals surface area contributed by atoms with Gasteiger partial charge in [0.1, 0.15) is 5.82 Å². The lowest BCUT2D eigenvalue weighted by atomic mass is 9.86. The Hall–Kier alpha value is -2.98. The van der Waals surface area contributed by atoms with E-state index < -0.39 is 0 Å². The lowest BCUT2D eigenvalue weighted by Gasteiger charge is -2.21.